The van der Waals surface area contributed by atoms with Crippen molar-refractivity contribution >= 4 is 0 Å². The monoisotopic (exact) mass is 487 g/mol. The Morgan fingerprint density at radius 2 is 1.50 bits per heavy atom. The van der Waals surface area contributed by atoms with Crippen LogP contribution in [0.2, 0.25) is 0 Å². The number of piperazine rings is 1. The molecule has 187 valence electrons. The van der Waals surface area contributed by atoms with E-state index in [2.05, 4.69) is 16.7 Å². The van der Waals surface area contributed by atoms with Crippen molar-refractivity contribution in [1.29, 1.82) is 0 Å². The number of benzene rings is 2. The molecule has 1 atom stereocenters. The molecule has 0 amide bonds. The third kappa shape index (κ3) is 6.66. The Kier molecular flexibility index (Phi) is 8.52. The molecule has 1 heterocycles. The summed E-state index contributed by atoms with van der Waals surface area (Å²) in [6.07, 6.45) is -6.96. The number of rotatable bonds is 8. The number of ether oxygens (including phenoxy) is 1. The number of methoxy groups -OCH3 is 1. The highest BCUT2D eigenvalue weighted by Crippen LogP contribution is 2.38. The van der Waals surface area contributed by atoms with Gasteiger partial charge in [0.05, 0.1) is 18.2 Å². The van der Waals surface area contributed by atoms with Gasteiger partial charge in [0.1, 0.15) is 5.75 Å². The standard InChI is InChI=1S/C25H29F6N2O/c1-3-10-32-11-13-33(14-12-32)22(21-6-4-5-7-23(21)34-2)9-8-18-15-19(24(26,27)28)17-20(16-18)25(29,30)31/h4-7,9,15-17,22H,3,8,10-14H2,1-2H3. The lowest BCUT2D eigenvalue weighted by molar-refractivity contribution is -0.143. The van der Waals surface area contributed by atoms with Crippen LogP contribution in [0.1, 0.15) is 41.6 Å². The highest BCUT2D eigenvalue weighted by molar-refractivity contribution is 5.39. The highest BCUT2D eigenvalue weighted by atomic mass is 19.4. The molecule has 2 aromatic carbocycles. The van der Waals surface area contributed by atoms with Gasteiger partial charge in [0.25, 0.3) is 0 Å². The van der Waals surface area contributed by atoms with E-state index < -0.39 is 23.5 Å². The molecule has 1 radical (unpaired) electrons. The molecule has 34 heavy (non-hydrogen) atoms. The first-order valence-corrected chi connectivity index (χ1v) is 11.2. The fourth-order valence-corrected chi connectivity index (χ4v) is 4.35. The van der Waals surface area contributed by atoms with Crippen LogP contribution in [0.5, 0.6) is 5.75 Å². The maximum absolute atomic E-state index is 13.3. The van der Waals surface area contributed by atoms with Crippen molar-refractivity contribution in [3.63, 3.8) is 0 Å². The molecule has 0 spiro atoms. The second kappa shape index (κ2) is 11.0. The summed E-state index contributed by atoms with van der Waals surface area (Å²) in [5.41, 5.74) is -1.80. The molecule has 2 aromatic rings. The molecule has 0 aliphatic carbocycles. The quantitative estimate of drug-likeness (QED) is 0.410. The van der Waals surface area contributed by atoms with E-state index in [-0.39, 0.29) is 24.1 Å². The molecule has 1 fully saturated rings. The van der Waals surface area contributed by atoms with Crippen molar-refractivity contribution in [1.82, 2.24) is 9.80 Å². The van der Waals surface area contributed by atoms with Gasteiger partial charge in [-0.05, 0) is 55.6 Å². The van der Waals surface area contributed by atoms with E-state index in [4.69, 9.17) is 4.74 Å². The molecule has 1 aliphatic rings. The minimum absolute atomic E-state index is 0.0355. The zero-order valence-electron chi connectivity index (χ0n) is 19.2. The van der Waals surface area contributed by atoms with Crippen molar-refractivity contribution in [2.75, 3.05) is 39.8 Å². The SMILES string of the molecule is CCCN1CCN(C([CH]Cc2cc(C(F)(F)F)cc(C(F)(F)F)c2)c2ccccc2OC)CC1. The van der Waals surface area contributed by atoms with Crippen LogP contribution in [-0.2, 0) is 18.8 Å². The molecular formula is C25H29F6N2O. The van der Waals surface area contributed by atoms with Crippen molar-refractivity contribution in [2.24, 2.45) is 0 Å². The van der Waals surface area contributed by atoms with Gasteiger partial charge < -0.3 is 9.64 Å². The summed E-state index contributed by atoms with van der Waals surface area (Å²) in [5.74, 6) is 0.625. The van der Waals surface area contributed by atoms with E-state index in [9.17, 15) is 26.3 Å². The second-order valence-electron chi connectivity index (χ2n) is 8.42. The Morgan fingerprint density at radius 1 is 0.912 bits per heavy atom. The van der Waals surface area contributed by atoms with E-state index in [1.54, 1.807) is 12.5 Å². The van der Waals surface area contributed by atoms with Crippen LogP contribution < -0.4 is 4.74 Å². The van der Waals surface area contributed by atoms with Gasteiger partial charge in [-0.25, -0.2) is 0 Å². The van der Waals surface area contributed by atoms with E-state index in [1.165, 1.54) is 7.11 Å². The largest absolute Gasteiger partial charge is 0.496 e. The van der Waals surface area contributed by atoms with Gasteiger partial charge in [-0.3, -0.25) is 4.90 Å². The van der Waals surface area contributed by atoms with Crippen LogP contribution in [-0.4, -0.2) is 49.6 Å². The van der Waals surface area contributed by atoms with Crippen molar-refractivity contribution in [2.45, 2.75) is 38.2 Å². The average molecular weight is 488 g/mol. The van der Waals surface area contributed by atoms with Gasteiger partial charge in [-0.2, -0.15) is 26.3 Å². The minimum atomic E-state index is -4.87. The van der Waals surface area contributed by atoms with Gasteiger partial charge >= 0.3 is 12.4 Å². The van der Waals surface area contributed by atoms with Crippen LogP contribution >= 0.6 is 0 Å². The Hall–Kier alpha value is -2.26. The van der Waals surface area contributed by atoms with Gasteiger partial charge in [0, 0.05) is 37.8 Å². The molecule has 3 rings (SSSR count). The fourth-order valence-electron chi connectivity index (χ4n) is 4.35. The molecular weight excluding hydrogens is 458 g/mol. The molecule has 3 nitrogen and oxygen atoms in total. The van der Waals surface area contributed by atoms with Gasteiger partial charge in [0.2, 0.25) is 0 Å². The number of alkyl halides is 6. The van der Waals surface area contributed by atoms with Crippen molar-refractivity contribution in [3.05, 3.63) is 71.1 Å². The first kappa shape index (κ1) is 26.3. The van der Waals surface area contributed by atoms with Gasteiger partial charge in [-0.1, -0.05) is 25.1 Å². The van der Waals surface area contributed by atoms with E-state index >= 15 is 0 Å². The van der Waals surface area contributed by atoms with E-state index in [1.807, 2.05) is 18.2 Å². The van der Waals surface area contributed by atoms with Gasteiger partial charge in [-0.15, -0.1) is 0 Å². The molecule has 0 aromatic heterocycles. The third-order valence-electron chi connectivity index (χ3n) is 6.02. The first-order valence-electron chi connectivity index (χ1n) is 11.2. The summed E-state index contributed by atoms with van der Waals surface area (Å²) in [7, 11) is 1.54. The summed E-state index contributed by atoms with van der Waals surface area (Å²) in [6, 6.07) is 8.78. The first-order chi connectivity index (χ1) is 16.0. The Balaban J connectivity index is 1.89. The lowest BCUT2D eigenvalue weighted by atomic mass is 9.94. The smallest absolute Gasteiger partial charge is 0.416 e. The molecule has 0 N–H and O–H groups in total. The summed E-state index contributed by atoms with van der Waals surface area (Å²) in [5, 5.41) is 0. The maximum atomic E-state index is 13.3. The highest BCUT2D eigenvalue weighted by Gasteiger charge is 2.37. The molecule has 1 unspecified atom stereocenters. The Labute approximate surface area is 196 Å². The van der Waals surface area contributed by atoms with E-state index in [0.29, 0.717) is 5.75 Å². The lowest BCUT2D eigenvalue weighted by Crippen LogP contribution is -2.48. The lowest BCUT2D eigenvalue weighted by Gasteiger charge is -2.40. The summed E-state index contributed by atoms with van der Waals surface area (Å²) in [4.78, 5) is 4.54. The van der Waals surface area contributed by atoms with Crippen LogP contribution in [0, 0.1) is 6.42 Å². The average Bonchev–Trinajstić information content (AvgIpc) is 2.79. The second-order valence-corrected chi connectivity index (χ2v) is 8.42. The third-order valence-corrected chi connectivity index (χ3v) is 6.02. The molecule has 1 aliphatic heterocycles. The molecule has 9 heteroatoms. The number of para-hydroxylation sites is 1. The topological polar surface area (TPSA) is 15.7 Å². The predicted octanol–water partition coefficient (Wildman–Crippen LogP) is 6.25. The zero-order chi connectivity index (χ0) is 24.9. The molecule has 0 saturated carbocycles. The Bertz CT molecular complexity index is 903. The summed E-state index contributed by atoms with van der Waals surface area (Å²) < 4.78 is 85.2. The zero-order valence-corrected chi connectivity index (χ0v) is 19.2. The number of nitrogens with zero attached hydrogens (tertiary/aromatic N) is 2. The number of hydrogen-bond donors (Lipinski definition) is 0. The van der Waals surface area contributed by atoms with Crippen LogP contribution in [0.25, 0.3) is 0 Å². The molecule has 1 saturated heterocycles. The van der Waals surface area contributed by atoms with E-state index in [0.717, 1.165) is 56.8 Å². The summed E-state index contributed by atoms with van der Waals surface area (Å²) >= 11 is 0. The number of halogens is 6. The maximum Gasteiger partial charge on any atom is 0.416 e. The summed E-state index contributed by atoms with van der Waals surface area (Å²) in [6.45, 7) is 6.25. The minimum Gasteiger partial charge on any atom is -0.496 e. The van der Waals surface area contributed by atoms with Crippen molar-refractivity contribution < 1.29 is 31.1 Å². The fraction of sp³-hybridized carbons (Fsp3) is 0.480. The Morgan fingerprint density at radius 3 is 2.03 bits per heavy atom. The van der Waals surface area contributed by atoms with Crippen molar-refractivity contribution in [3.8, 4) is 5.75 Å². The normalized spacial score (nSPS) is 17.1. The van der Waals surface area contributed by atoms with Crippen LogP contribution in [0.4, 0.5) is 26.3 Å². The molecule has 0 bridgehead atoms. The van der Waals surface area contributed by atoms with Gasteiger partial charge in [0.15, 0.2) is 0 Å². The van der Waals surface area contributed by atoms with Crippen LogP contribution in [0.15, 0.2) is 42.5 Å². The van der Waals surface area contributed by atoms with Crippen LogP contribution in [0.3, 0.4) is 0 Å². The number of hydrogen-bond acceptors (Lipinski definition) is 3. The predicted molar refractivity (Wildman–Crippen MR) is 118 cm³/mol.